The van der Waals surface area contributed by atoms with Gasteiger partial charge in [0, 0.05) is 31.9 Å². The van der Waals surface area contributed by atoms with Crippen LogP contribution >= 0.6 is 11.8 Å². The Balaban J connectivity index is 1.18. The van der Waals surface area contributed by atoms with Crippen molar-refractivity contribution in [3.63, 3.8) is 0 Å². The maximum atomic E-state index is 5.03. The van der Waals surface area contributed by atoms with E-state index in [1.807, 2.05) is 72.4 Å². The standard InChI is InChI=1S/C48H35N3S/c1-48(2)41-23-12-13-24-43(41)52-44-28-26-36(31-42(44)48)35-25-27-39(32-15-6-3-7-16-32)40(30-35)37-21-14-22-38(29-37)47-50-45(33-17-8-4-9-18-33)49-46(51-47)34-19-10-5-11-20-34/h3-31H,1-2H3. The first kappa shape index (κ1) is 31.9. The van der Waals surface area contributed by atoms with Gasteiger partial charge in [-0.05, 0) is 74.8 Å². The van der Waals surface area contributed by atoms with Crippen LogP contribution in [0.5, 0.6) is 0 Å². The zero-order chi connectivity index (χ0) is 35.1. The summed E-state index contributed by atoms with van der Waals surface area (Å²) in [5, 5.41) is 0. The van der Waals surface area contributed by atoms with Crippen LogP contribution in [0.2, 0.25) is 0 Å². The van der Waals surface area contributed by atoms with Gasteiger partial charge in [-0.15, -0.1) is 0 Å². The molecule has 0 saturated carbocycles. The van der Waals surface area contributed by atoms with E-state index < -0.39 is 0 Å². The zero-order valence-electron chi connectivity index (χ0n) is 29.0. The van der Waals surface area contributed by atoms with Crippen LogP contribution in [-0.4, -0.2) is 15.0 Å². The predicted molar refractivity (Wildman–Crippen MR) is 215 cm³/mol. The largest absolute Gasteiger partial charge is 0.208 e. The molecule has 0 unspecified atom stereocenters. The number of hydrogen-bond donors (Lipinski definition) is 0. The fourth-order valence-electron chi connectivity index (χ4n) is 7.22. The van der Waals surface area contributed by atoms with Crippen LogP contribution in [0.15, 0.2) is 186 Å². The van der Waals surface area contributed by atoms with Gasteiger partial charge in [0.05, 0.1) is 0 Å². The van der Waals surface area contributed by atoms with E-state index in [1.165, 1.54) is 43.2 Å². The highest BCUT2D eigenvalue weighted by Gasteiger charge is 2.33. The van der Waals surface area contributed by atoms with E-state index in [0.717, 1.165) is 27.8 Å². The second kappa shape index (κ2) is 13.2. The molecule has 0 N–H and O–H groups in total. The van der Waals surface area contributed by atoms with Crippen LogP contribution in [0.4, 0.5) is 0 Å². The Morgan fingerprint density at radius 2 is 0.846 bits per heavy atom. The molecule has 0 fully saturated rings. The van der Waals surface area contributed by atoms with Crippen LogP contribution in [0.3, 0.4) is 0 Å². The van der Waals surface area contributed by atoms with E-state index in [4.69, 9.17) is 15.0 Å². The van der Waals surface area contributed by atoms with E-state index in [9.17, 15) is 0 Å². The van der Waals surface area contributed by atoms with Gasteiger partial charge < -0.3 is 0 Å². The fraction of sp³-hybridized carbons (Fsp3) is 0.0625. The van der Waals surface area contributed by atoms with Crippen molar-refractivity contribution < 1.29 is 0 Å². The number of benzene rings is 7. The second-order valence-electron chi connectivity index (χ2n) is 13.7. The Labute approximate surface area is 309 Å². The summed E-state index contributed by atoms with van der Waals surface area (Å²) in [5.41, 5.74) is 12.5. The summed E-state index contributed by atoms with van der Waals surface area (Å²) in [6.45, 7) is 4.69. The molecule has 52 heavy (non-hydrogen) atoms. The van der Waals surface area contributed by atoms with Crippen molar-refractivity contribution in [1.29, 1.82) is 0 Å². The molecule has 4 heteroatoms. The molecule has 0 spiro atoms. The number of aromatic nitrogens is 3. The molecular weight excluding hydrogens is 651 g/mol. The Kier molecular flexibility index (Phi) is 8.10. The van der Waals surface area contributed by atoms with Gasteiger partial charge in [0.2, 0.25) is 0 Å². The van der Waals surface area contributed by atoms with E-state index in [2.05, 4.69) is 129 Å². The van der Waals surface area contributed by atoms with Crippen LogP contribution in [0.25, 0.3) is 67.5 Å². The third-order valence-corrected chi connectivity index (χ3v) is 11.2. The highest BCUT2D eigenvalue weighted by atomic mass is 32.2. The molecule has 9 rings (SSSR count). The monoisotopic (exact) mass is 685 g/mol. The number of fused-ring (bicyclic) bond motifs is 2. The highest BCUT2D eigenvalue weighted by molar-refractivity contribution is 7.99. The van der Waals surface area contributed by atoms with Gasteiger partial charge in [0.15, 0.2) is 17.5 Å². The van der Waals surface area contributed by atoms with Gasteiger partial charge in [0.1, 0.15) is 0 Å². The van der Waals surface area contributed by atoms with Crippen LogP contribution in [0.1, 0.15) is 25.0 Å². The average Bonchev–Trinajstić information content (AvgIpc) is 3.21. The van der Waals surface area contributed by atoms with E-state index in [-0.39, 0.29) is 5.41 Å². The first-order chi connectivity index (χ1) is 25.5. The molecule has 1 aromatic heterocycles. The number of rotatable bonds is 6. The molecule has 0 radical (unpaired) electrons. The van der Waals surface area contributed by atoms with Gasteiger partial charge in [-0.3, -0.25) is 0 Å². The van der Waals surface area contributed by atoms with Crippen LogP contribution in [-0.2, 0) is 5.41 Å². The van der Waals surface area contributed by atoms with Gasteiger partial charge in [-0.25, -0.2) is 15.0 Å². The Morgan fingerprint density at radius 1 is 0.346 bits per heavy atom. The smallest absolute Gasteiger partial charge is 0.164 e. The number of nitrogens with zero attached hydrogens (tertiary/aromatic N) is 3. The molecule has 8 aromatic rings. The minimum atomic E-state index is -0.101. The summed E-state index contributed by atoms with van der Waals surface area (Å²) < 4.78 is 0. The van der Waals surface area contributed by atoms with E-state index in [0.29, 0.717) is 17.5 Å². The average molecular weight is 686 g/mol. The summed E-state index contributed by atoms with van der Waals surface area (Å²) in [6, 6.07) is 62.1. The fourth-order valence-corrected chi connectivity index (χ4v) is 8.59. The predicted octanol–water partition coefficient (Wildman–Crippen LogP) is 12.7. The van der Waals surface area contributed by atoms with Gasteiger partial charge in [-0.2, -0.15) is 0 Å². The summed E-state index contributed by atoms with van der Waals surface area (Å²) in [7, 11) is 0. The highest BCUT2D eigenvalue weighted by Crippen LogP contribution is 2.50. The first-order valence-electron chi connectivity index (χ1n) is 17.6. The molecule has 0 atom stereocenters. The third kappa shape index (κ3) is 5.91. The maximum absolute atomic E-state index is 5.03. The molecular formula is C48H35N3S. The molecule has 0 saturated heterocycles. The molecule has 1 aliphatic rings. The topological polar surface area (TPSA) is 38.7 Å². The van der Waals surface area contributed by atoms with Crippen LogP contribution in [0, 0.1) is 0 Å². The molecule has 2 heterocycles. The molecule has 1 aliphatic heterocycles. The van der Waals surface area contributed by atoms with Gasteiger partial charge in [-0.1, -0.05) is 171 Å². The normalized spacial score (nSPS) is 12.9. The lowest BCUT2D eigenvalue weighted by atomic mass is 9.77. The van der Waals surface area contributed by atoms with Crippen molar-refractivity contribution in [2.75, 3.05) is 0 Å². The summed E-state index contributed by atoms with van der Waals surface area (Å²) in [4.78, 5) is 17.6. The molecule has 0 amide bonds. The van der Waals surface area contributed by atoms with Crippen molar-refractivity contribution in [3.05, 3.63) is 187 Å². The first-order valence-corrected chi connectivity index (χ1v) is 18.4. The van der Waals surface area contributed by atoms with E-state index >= 15 is 0 Å². The third-order valence-electron chi connectivity index (χ3n) is 10.0. The van der Waals surface area contributed by atoms with Crippen molar-refractivity contribution in [2.45, 2.75) is 29.1 Å². The maximum Gasteiger partial charge on any atom is 0.164 e. The second-order valence-corrected chi connectivity index (χ2v) is 14.8. The molecule has 248 valence electrons. The van der Waals surface area contributed by atoms with E-state index in [1.54, 1.807) is 0 Å². The lowest BCUT2D eigenvalue weighted by Gasteiger charge is -2.35. The van der Waals surface area contributed by atoms with Crippen molar-refractivity contribution in [3.8, 4) is 67.5 Å². The molecule has 0 bridgehead atoms. The quantitative estimate of drug-likeness (QED) is 0.175. The Hall–Kier alpha value is -6.10. The summed E-state index contributed by atoms with van der Waals surface area (Å²) in [6.07, 6.45) is 0. The summed E-state index contributed by atoms with van der Waals surface area (Å²) in [5.74, 6) is 1.94. The van der Waals surface area contributed by atoms with Crippen LogP contribution < -0.4 is 0 Å². The zero-order valence-corrected chi connectivity index (χ0v) is 29.8. The van der Waals surface area contributed by atoms with Crippen molar-refractivity contribution in [2.24, 2.45) is 0 Å². The Bertz CT molecular complexity index is 2510. The Morgan fingerprint density at radius 3 is 1.52 bits per heavy atom. The SMILES string of the molecule is CC1(C)c2ccccc2Sc2ccc(-c3ccc(-c4ccccc4)c(-c4cccc(-c5nc(-c6ccccc6)nc(-c6ccccc6)n5)c4)c3)cc21. The lowest BCUT2D eigenvalue weighted by Crippen LogP contribution is -2.23. The molecule has 7 aromatic carbocycles. The van der Waals surface area contributed by atoms with Crippen molar-refractivity contribution >= 4 is 11.8 Å². The number of hydrogen-bond acceptors (Lipinski definition) is 4. The minimum absolute atomic E-state index is 0.101. The summed E-state index contributed by atoms with van der Waals surface area (Å²) >= 11 is 1.87. The molecule has 0 aliphatic carbocycles. The molecule has 3 nitrogen and oxygen atoms in total. The van der Waals surface area contributed by atoms with Crippen molar-refractivity contribution in [1.82, 2.24) is 15.0 Å². The lowest BCUT2D eigenvalue weighted by molar-refractivity contribution is 0.607. The van der Waals surface area contributed by atoms with Gasteiger partial charge in [0.25, 0.3) is 0 Å². The minimum Gasteiger partial charge on any atom is -0.208 e. The van der Waals surface area contributed by atoms with Gasteiger partial charge >= 0.3 is 0 Å².